The number of hydrogen-bond acceptors (Lipinski definition) is 5. The largest absolute Gasteiger partial charge is 0.459 e. The van der Waals surface area contributed by atoms with Crippen molar-refractivity contribution in [2.24, 2.45) is 0 Å². The lowest BCUT2D eigenvalue weighted by atomic mass is 9.83. The fourth-order valence-corrected chi connectivity index (χ4v) is 4.76. The standard InChI is InChI=1S/C27H26N4O5/c32-23(29-13-15-30(16-14-29)24(33)22-12-7-17-36-22)19-31-25(34)27(28-26(31)35,21-10-5-2-6-11-21)18-20-8-3-1-4-9-20/h1-12,17H,13-16,18-19H2,(H,28,35). The number of carbonyl (C=O) groups excluding carboxylic acids is 4. The van der Waals surface area contributed by atoms with E-state index in [4.69, 9.17) is 4.42 Å². The van der Waals surface area contributed by atoms with E-state index in [0.717, 1.165) is 10.5 Å². The van der Waals surface area contributed by atoms with Crippen LogP contribution in [0.4, 0.5) is 4.79 Å². The minimum atomic E-state index is -1.30. The number of rotatable bonds is 6. The average molecular weight is 487 g/mol. The maximum atomic E-state index is 13.7. The van der Waals surface area contributed by atoms with E-state index < -0.39 is 17.5 Å². The third-order valence-electron chi connectivity index (χ3n) is 6.70. The molecule has 2 fully saturated rings. The van der Waals surface area contributed by atoms with E-state index in [-0.39, 0.29) is 30.5 Å². The summed E-state index contributed by atoms with van der Waals surface area (Å²) < 4.78 is 5.17. The van der Waals surface area contributed by atoms with Crippen LogP contribution in [0.1, 0.15) is 21.7 Å². The summed E-state index contributed by atoms with van der Waals surface area (Å²) >= 11 is 0. The Kier molecular flexibility index (Phi) is 6.28. The minimum absolute atomic E-state index is 0.227. The second-order valence-corrected chi connectivity index (χ2v) is 8.91. The van der Waals surface area contributed by atoms with Crippen LogP contribution in [0.15, 0.2) is 83.5 Å². The molecule has 2 aliphatic heterocycles. The van der Waals surface area contributed by atoms with Gasteiger partial charge in [0.05, 0.1) is 6.26 Å². The molecule has 0 spiro atoms. The fourth-order valence-electron chi connectivity index (χ4n) is 4.76. The van der Waals surface area contributed by atoms with Crippen molar-refractivity contribution in [3.63, 3.8) is 0 Å². The van der Waals surface area contributed by atoms with Gasteiger partial charge in [0, 0.05) is 32.6 Å². The SMILES string of the molecule is O=C(CN1C(=O)NC(Cc2ccccc2)(c2ccccc2)C1=O)N1CCN(C(=O)c2ccco2)CC1. The van der Waals surface area contributed by atoms with Crippen molar-refractivity contribution in [2.45, 2.75) is 12.0 Å². The highest BCUT2D eigenvalue weighted by Gasteiger charge is 2.53. The van der Waals surface area contributed by atoms with E-state index in [1.807, 2.05) is 60.7 Å². The van der Waals surface area contributed by atoms with Gasteiger partial charge in [0.1, 0.15) is 6.54 Å². The van der Waals surface area contributed by atoms with E-state index >= 15 is 0 Å². The zero-order valence-corrected chi connectivity index (χ0v) is 19.6. The van der Waals surface area contributed by atoms with Crippen LogP contribution in [0, 0.1) is 0 Å². The second kappa shape index (κ2) is 9.69. The summed E-state index contributed by atoms with van der Waals surface area (Å²) in [6.45, 7) is 0.937. The monoisotopic (exact) mass is 486 g/mol. The Morgan fingerprint density at radius 3 is 2.11 bits per heavy atom. The van der Waals surface area contributed by atoms with Gasteiger partial charge in [0.25, 0.3) is 11.8 Å². The van der Waals surface area contributed by atoms with E-state index in [1.165, 1.54) is 6.26 Å². The Bertz CT molecular complexity index is 1250. The molecule has 0 aliphatic carbocycles. The number of carbonyl (C=O) groups is 4. The molecule has 9 heteroatoms. The van der Waals surface area contributed by atoms with Crippen molar-refractivity contribution >= 4 is 23.8 Å². The van der Waals surface area contributed by atoms with Crippen molar-refractivity contribution < 1.29 is 23.6 Å². The molecule has 2 saturated heterocycles. The molecule has 5 rings (SSSR count). The van der Waals surface area contributed by atoms with Crippen LogP contribution in [-0.2, 0) is 21.5 Å². The van der Waals surface area contributed by atoms with Crippen LogP contribution in [0.3, 0.4) is 0 Å². The van der Waals surface area contributed by atoms with Gasteiger partial charge in [0.15, 0.2) is 11.3 Å². The number of nitrogens with zero attached hydrogens (tertiary/aromatic N) is 3. The van der Waals surface area contributed by atoms with Crippen LogP contribution >= 0.6 is 0 Å². The molecule has 36 heavy (non-hydrogen) atoms. The Hall–Kier alpha value is -4.40. The van der Waals surface area contributed by atoms with Gasteiger partial charge >= 0.3 is 6.03 Å². The third kappa shape index (κ3) is 4.35. The number of nitrogens with one attached hydrogen (secondary N) is 1. The minimum Gasteiger partial charge on any atom is -0.459 e. The first kappa shape index (κ1) is 23.3. The van der Waals surface area contributed by atoms with Crippen molar-refractivity contribution in [3.8, 4) is 0 Å². The molecule has 1 unspecified atom stereocenters. The highest BCUT2D eigenvalue weighted by Crippen LogP contribution is 2.33. The molecule has 0 radical (unpaired) electrons. The maximum absolute atomic E-state index is 13.7. The molecule has 2 aromatic carbocycles. The summed E-state index contributed by atoms with van der Waals surface area (Å²) in [6, 6.07) is 21.2. The number of benzene rings is 2. The predicted molar refractivity (Wildman–Crippen MR) is 130 cm³/mol. The summed E-state index contributed by atoms with van der Waals surface area (Å²) in [5.41, 5.74) is 0.251. The lowest BCUT2D eigenvalue weighted by molar-refractivity contribution is -0.140. The van der Waals surface area contributed by atoms with Crippen molar-refractivity contribution in [3.05, 3.63) is 95.9 Å². The molecule has 9 nitrogen and oxygen atoms in total. The van der Waals surface area contributed by atoms with Crippen LogP contribution in [0.5, 0.6) is 0 Å². The highest BCUT2D eigenvalue weighted by atomic mass is 16.3. The molecule has 1 aromatic heterocycles. The molecular weight excluding hydrogens is 460 g/mol. The van der Waals surface area contributed by atoms with Crippen LogP contribution in [-0.4, -0.2) is 71.2 Å². The third-order valence-corrected chi connectivity index (χ3v) is 6.70. The summed E-state index contributed by atoms with van der Waals surface area (Å²) in [7, 11) is 0. The molecule has 0 bridgehead atoms. The first-order valence-electron chi connectivity index (χ1n) is 11.8. The lowest BCUT2D eigenvalue weighted by Gasteiger charge is -2.35. The summed E-state index contributed by atoms with van der Waals surface area (Å²) in [6.07, 6.45) is 1.71. The van der Waals surface area contributed by atoms with E-state index in [9.17, 15) is 19.2 Å². The zero-order chi connectivity index (χ0) is 25.1. The van der Waals surface area contributed by atoms with Gasteiger partial charge in [-0.05, 0) is 23.3 Å². The Morgan fingerprint density at radius 1 is 0.833 bits per heavy atom. The summed E-state index contributed by atoms with van der Waals surface area (Å²) in [5.74, 6) is -0.769. The van der Waals surface area contributed by atoms with Crippen LogP contribution in [0.2, 0.25) is 0 Å². The van der Waals surface area contributed by atoms with Crippen molar-refractivity contribution in [1.82, 2.24) is 20.0 Å². The maximum Gasteiger partial charge on any atom is 0.325 e. The van der Waals surface area contributed by atoms with Gasteiger partial charge < -0.3 is 19.5 Å². The second-order valence-electron chi connectivity index (χ2n) is 8.91. The van der Waals surface area contributed by atoms with Gasteiger partial charge in [-0.1, -0.05) is 60.7 Å². The van der Waals surface area contributed by atoms with E-state index in [0.29, 0.717) is 31.7 Å². The summed E-state index contributed by atoms with van der Waals surface area (Å²) in [4.78, 5) is 56.5. The number of piperazine rings is 1. The van der Waals surface area contributed by atoms with Gasteiger partial charge in [-0.25, -0.2) is 4.79 Å². The van der Waals surface area contributed by atoms with Crippen LogP contribution in [0.25, 0.3) is 0 Å². The van der Waals surface area contributed by atoms with Crippen molar-refractivity contribution in [1.29, 1.82) is 0 Å². The first-order valence-corrected chi connectivity index (χ1v) is 11.8. The fraction of sp³-hybridized carbons (Fsp3) is 0.259. The Labute approximate surface area is 208 Å². The molecule has 3 heterocycles. The first-order chi connectivity index (χ1) is 17.5. The van der Waals surface area contributed by atoms with Gasteiger partial charge in [-0.15, -0.1) is 0 Å². The van der Waals surface area contributed by atoms with Gasteiger partial charge in [-0.2, -0.15) is 0 Å². The Morgan fingerprint density at radius 2 is 1.47 bits per heavy atom. The smallest absolute Gasteiger partial charge is 0.325 e. The molecule has 5 amide bonds. The molecule has 184 valence electrons. The lowest BCUT2D eigenvalue weighted by Crippen LogP contribution is -2.53. The molecular formula is C27H26N4O5. The van der Waals surface area contributed by atoms with E-state index in [2.05, 4.69) is 5.32 Å². The van der Waals surface area contributed by atoms with Crippen molar-refractivity contribution in [2.75, 3.05) is 32.7 Å². The average Bonchev–Trinajstić information content (AvgIpc) is 3.53. The normalized spacial score (nSPS) is 19.9. The molecule has 1 N–H and O–H groups in total. The predicted octanol–water partition coefficient (Wildman–Crippen LogP) is 2.25. The molecule has 1 atom stereocenters. The van der Waals surface area contributed by atoms with Crippen LogP contribution < -0.4 is 5.32 Å². The molecule has 0 saturated carbocycles. The number of amides is 5. The van der Waals surface area contributed by atoms with Gasteiger partial charge in [-0.3, -0.25) is 19.3 Å². The Balaban J connectivity index is 1.29. The molecule has 2 aliphatic rings. The number of hydrogen-bond donors (Lipinski definition) is 1. The van der Waals surface area contributed by atoms with Gasteiger partial charge in [0.2, 0.25) is 5.91 Å². The summed E-state index contributed by atoms with van der Waals surface area (Å²) in [5, 5.41) is 2.88. The number of urea groups is 1. The quantitative estimate of drug-likeness (QED) is 0.539. The highest BCUT2D eigenvalue weighted by molar-refractivity contribution is 6.09. The zero-order valence-electron chi connectivity index (χ0n) is 19.6. The topological polar surface area (TPSA) is 103 Å². The number of imide groups is 1. The van der Waals surface area contributed by atoms with E-state index in [1.54, 1.807) is 21.9 Å². The number of furan rings is 1. The molecule has 3 aromatic rings.